The summed E-state index contributed by atoms with van der Waals surface area (Å²) in [4.78, 5) is 23.8. The van der Waals surface area contributed by atoms with Crippen molar-refractivity contribution in [1.29, 1.82) is 0 Å². The van der Waals surface area contributed by atoms with E-state index in [2.05, 4.69) is 20.2 Å². The zero-order valence-electron chi connectivity index (χ0n) is 16.6. The van der Waals surface area contributed by atoms with Gasteiger partial charge in [-0.15, -0.1) is 5.10 Å². The second-order valence-corrected chi connectivity index (χ2v) is 7.51. The third-order valence-electron chi connectivity index (χ3n) is 5.05. The van der Waals surface area contributed by atoms with E-state index in [0.29, 0.717) is 47.7 Å². The molecule has 3 aromatic rings. The van der Waals surface area contributed by atoms with E-state index >= 15 is 0 Å². The molecule has 156 valence electrons. The zero-order chi connectivity index (χ0) is 21.3. The molecule has 4 heterocycles. The number of rotatable bonds is 6. The third-order valence-corrected chi connectivity index (χ3v) is 5.26. The van der Waals surface area contributed by atoms with Crippen LogP contribution in [0, 0.1) is 0 Å². The molecule has 1 unspecified atom stereocenters. The number of ether oxygens (including phenoxy) is 2. The van der Waals surface area contributed by atoms with Crippen LogP contribution in [0.4, 0.5) is 5.82 Å². The Morgan fingerprint density at radius 1 is 1.33 bits per heavy atom. The molecule has 0 saturated heterocycles. The predicted octanol–water partition coefficient (Wildman–Crippen LogP) is 2.36. The van der Waals surface area contributed by atoms with Gasteiger partial charge in [-0.2, -0.15) is 5.10 Å². The first-order valence-electron chi connectivity index (χ1n) is 9.40. The van der Waals surface area contributed by atoms with Crippen molar-refractivity contribution in [3.8, 4) is 0 Å². The SMILES string of the molecule is COCC(C)N(Cc1ccc(Cl)nn1)C(=O)c1cc2c3c(c(N)nc2cn1)COC3. The summed E-state index contributed by atoms with van der Waals surface area (Å²) in [6.07, 6.45) is 1.57. The Kier molecular flexibility index (Phi) is 5.76. The van der Waals surface area contributed by atoms with Gasteiger partial charge in [0.25, 0.3) is 5.91 Å². The van der Waals surface area contributed by atoms with E-state index in [-0.39, 0.29) is 18.5 Å². The number of halogens is 1. The van der Waals surface area contributed by atoms with E-state index in [1.807, 2.05) is 6.92 Å². The van der Waals surface area contributed by atoms with Gasteiger partial charge < -0.3 is 20.1 Å². The van der Waals surface area contributed by atoms with Crippen LogP contribution in [0.15, 0.2) is 24.4 Å². The fourth-order valence-electron chi connectivity index (χ4n) is 3.50. The largest absolute Gasteiger partial charge is 0.383 e. The molecule has 0 aromatic carbocycles. The summed E-state index contributed by atoms with van der Waals surface area (Å²) >= 11 is 5.82. The molecule has 0 bridgehead atoms. The van der Waals surface area contributed by atoms with Gasteiger partial charge in [-0.1, -0.05) is 11.6 Å². The first-order chi connectivity index (χ1) is 14.5. The quantitative estimate of drug-likeness (QED) is 0.636. The number of amides is 1. The second kappa shape index (κ2) is 8.47. The minimum absolute atomic E-state index is 0.212. The van der Waals surface area contributed by atoms with Crippen LogP contribution in [0.2, 0.25) is 5.15 Å². The van der Waals surface area contributed by atoms with Crippen molar-refractivity contribution >= 4 is 34.2 Å². The number of aromatic nitrogens is 4. The molecule has 1 atom stereocenters. The lowest BCUT2D eigenvalue weighted by molar-refractivity contribution is 0.0532. The Labute approximate surface area is 178 Å². The van der Waals surface area contributed by atoms with Crippen molar-refractivity contribution in [2.45, 2.75) is 32.7 Å². The van der Waals surface area contributed by atoms with Gasteiger partial charge >= 0.3 is 0 Å². The number of hydrogen-bond acceptors (Lipinski definition) is 8. The molecule has 0 fully saturated rings. The maximum atomic E-state index is 13.4. The van der Waals surface area contributed by atoms with Crippen LogP contribution in [0.5, 0.6) is 0 Å². The summed E-state index contributed by atoms with van der Waals surface area (Å²) < 4.78 is 10.8. The number of fused-ring (bicyclic) bond motifs is 3. The lowest BCUT2D eigenvalue weighted by Crippen LogP contribution is -2.41. The molecule has 10 heteroatoms. The predicted molar refractivity (Wildman–Crippen MR) is 111 cm³/mol. The number of pyridine rings is 2. The highest BCUT2D eigenvalue weighted by Gasteiger charge is 2.26. The van der Waals surface area contributed by atoms with E-state index in [1.165, 1.54) is 0 Å². The second-order valence-electron chi connectivity index (χ2n) is 7.12. The van der Waals surface area contributed by atoms with E-state index in [0.717, 1.165) is 16.5 Å². The summed E-state index contributed by atoms with van der Waals surface area (Å²) in [6.45, 7) is 3.36. The van der Waals surface area contributed by atoms with E-state index < -0.39 is 0 Å². The van der Waals surface area contributed by atoms with Crippen LogP contribution in [0.25, 0.3) is 10.9 Å². The molecule has 3 aromatic heterocycles. The summed E-state index contributed by atoms with van der Waals surface area (Å²) in [7, 11) is 1.59. The Morgan fingerprint density at radius 3 is 2.87 bits per heavy atom. The first kappa shape index (κ1) is 20.4. The fourth-order valence-corrected chi connectivity index (χ4v) is 3.60. The molecular weight excluding hydrogens is 408 g/mol. The van der Waals surface area contributed by atoms with E-state index in [1.54, 1.807) is 36.4 Å². The minimum Gasteiger partial charge on any atom is -0.383 e. The molecule has 0 radical (unpaired) electrons. The van der Waals surface area contributed by atoms with Gasteiger partial charge in [0.2, 0.25) is 0 Å². The van der Waals surface area contributed by atoms with Crippen LogP contribution >= 0.6 is 11.6 Å². The first-order valence-corrected chi connectivity index (χ1v) is 9.78. The number of methoxy groups -OCH3 is 1. The summed E-state index contributed by atoms with van der Waals surface area (Å²) in [5, 5.41) is 9.03. The molecular formula is C20H21ClN6O3. The number of carbonyl (C=O) groups excluding carboxylic acids is 1. The van der Waals surface area contributed by atoms with E-state index in [9.17, 15) is 4.79 Å². The molecule has 0 spiro atoms. The molecule has 2 N–H and O–H groups in total. The number of nitrogens with zero attached hydrogens (tertiary/aromatic N) is 5. The van der Waals surface area contributed by atoms with Crippen LogP contribution in [0.1, 0.15) is 34.2 Å². The van der Waals surface area contributed by atoms with Crippen LogP contribution in [0.3, 0.4) is 0 Å². The number of nitrogens with two attached hydrogens (primary N) is 1. The molecule has 1 amide bonds. The van der Waals surface area contributed by atoms with Gasteiger partial charge in [-0.05, 0) is 30.7 Å². The molecule has 0 aliphatic carbocycles. The Balaban J connectivity index is 1.70. The number of carbonyl (C=O) groups is 1. The monoisotopic (exact) mass is 428 g/mol. The standard InChI is InChI=1S/C20H21ClN6O3/c1-11(8-29-2)27(7-12-3-4-18(21)26-25-12)20(28)16-5-13-14-9-30-10-15(14)19(22)24-17(13)6-23-16/h3-6,11H,7-10H2,1-2H3,(H2,22,24). The molecule has 4 rings (SSSR count). The van der Waals surface area contributed by atoms with Crippen molar-refractivity contribution in [2.75, 3.05) is 19.5 Å². The van der Waals surface area contributed by atoms with Gasteiger partial charge in [-0.25, -0.2) is 9.97 Å². The highest BCUT2D eigenvalue weighted by atomic mass is 35.5. The van der Waals surface area contributed by atoms with E-state index in [4.69, 9.17) is 26.8 Å². The number of anilines is 1. The Morgan fingerprint density at radius 2 is 2.13 bits per heavy atom. The highest BCUT2D eigenvalue weighted by molar-refractivity contribution is 6.29. The van der Waals surface area contributed by atoms with Crippen molar-refractivity contribution in [1.82, 2.24) is 25.1 Å². The Hall–Kier alpha value is -2.88. The van der Waals surface area contributed by atoms with Crippen molar-refractivity contribution in [2.24, 2.45) is 0 Å². The molecule has 1 aliphatic rings. The molecule has 30 heavy (non-hydrogen) atoms. The lowest BCUT2D eigenvalue weighted by atomic mass is 10.1. The van der Waals surface area contributed by atoms with Gasteiger partial charge in [0, 0.05) is 18.1 Å². The highest BCUT2D eigenvalue weighted by Crippen LogP contribution is 2.31. The third kappa shape index (κ3) is 3.91. The summed E-state index contributed by atoms with van der Waals surface area (Å²) in [5.41, 5.74) is 9.39. The number of hydrogen-bond donors (Lipinski definition) is 1. The molecule has 9 nitrogen and oxygen atoms in total. The minimum atomic E-state index is -0.248. The summed E-state index contributed by atoms with van der Waals surface area (Å²) in [5.74, 6) is 0.190. The van der Waals surface area contributed by atoms with Crippen molar-refractivity contribution < 1.29 is 14.3 Å². The van der Waals surface area contributed by atoms with Gasteiger partial charge in [-0.3, -0.25) is 4.79 Å². The summed E-state index contributed by atoms with van der Waals surface area (Å²) in [6, 6.07) is 4.91. The van der Waals surface area contributed by atoms with Crippen LogP contribution in [-0.2, 0) is 29.2 Å². The van der Waals surface area contributed by atoms with Gasteiger partial charge in [0.15, 0.2) is 5.15 Å². The molecule has 0 saturated carbocycles. The molecule has 1 aliphatic heterocycles. The average Bonchev–Trinajstić information content (AvgIpc) is 3.24. The van der Waals surface area contributed by atoms with Crippen LogP contribution < -0.4 is 5.73 Å². The lowest BCUT2D eigenvalue weighted by Gasteiger charge is -2.28. The maximum absolute atomic E-state index is 13.4. The average molecular weight is 429 g/mol. The van der Waals surface area contributed by atoms with Crippen molar-refractivity contribution in [3.63, 3.8) is 0 Å². The number of nitrogen functional groups attached to an aromatic ring is 1. The maximum Gasteiger partial charge on any atom is 0.273 e. The topological polar surface area (TPSA) is 116 Å². The van der Waals surface area contributed by atoms with Crippen LogP contribution in [-0.4, -0.2) is 50.7 Å². The normalized spacial score (nSPS) is 14.0. The van der Waals surface area contributed by atoms with Gasteiger partial charge in [0.05, 0.1) is 49.8 Å². The van der Waals surface area contributed by atoms with Crippen molar-refractivity contribution in [3.05, 3.63) is 52.1 Å². The van der Waals surface area contributed by atoms with Gasteiger partial charge in [0.1, 0.15) is 11.5 Å². The zero-order valence-corrected chi connectivity index (χ0v) is 17.4. The Bertz CT molecular complexity index is 1090. The smallest absolute Gasteiger partial charge is 0.273 e. The fraction of sp³-hybridized carbons (Fsp3) is 0.350.